The standard InChI is InChI=1S/C24H22F3N3O/c25-19-5-1-3-16(13-19)22-8-7-17(14-28-22)24(31)29-20-9-11-30(12-10-20)15-18-4-2-6-21(26)23(18)27/h1-8,13-14,20H,9-12,15H2,(H,29,31). The fraction of sp³-hybridized carbons (Fsp3) is 0.250. The van der Waals surface area contributed by atoms with Crippen LogP contribution in [0.4, 0.5) is 13.2 Å². The number of carbonyl (C=O) groups is 1. The molecule has 0 atom stereocenters. The molecule has 1 aliphatic heterocycles. The van der Waals surface area contributed by atoms with E-state index < -0.39 is 11.6 Å². The quantitative estimate of drug-likeness (QED) is 0.652. The van der Waals surface area contributed by atoms with Gasteiger partial charge in [-0.3, -0.25) is 14.7 Å². The molecule has 4 rings (SSSR count). The average molecular weight is 425 g/mol. The molecule has 2 heterocycles. The Morgan fingerprint density at radius 2 is 1.81 bits per heavy atom. The highest BCUT2D eigenvalue weighted by molar-refractivity contribution is 5.94. The number of pyridine rings is 1. The summed E-state index contributed by atoms with van der Waals surface area (Å²) < 4.78 is 40.6. The van der Waals surface area contributed by atoms with Gasteiger partial charge in [-0.1, -0.05) is 24.3 Å². The average Bonchev–Trinajstić information content (AvgIpc) is 2.78. The molecular formula is C24H22F3N3O. The molecule has 1 amide bonds. The van der Waals surface area contributed by atoms with Gasteiger partial charge in [0.2, 0.25) is 0 Å². The molecule has 3 aromatic rings. The summed E-state index contributed by atoms with van der Waals surface area (Å²) in [7, 11) is 0. The number of benzene rings is 2. The van der Waals surface area contributed by atoms with Crippen LogP contribution in [-0.2, 0) is 6.54 Å². The molecule has 1 aliphatic rings. The molecule has 0 radical (unpaired) electrons. The summed E-state index contributed by atoms with van der Waals surface area (Å²) in [5.41, 5.74) is 2.01. The van der Waals surface area contributed by atoms with Gasteiger partial charge in [-0.05, 0) is 43.2 Å². The van der Waals surface area contributed by atoms with Crippen LogP contribution in [0.1, 0.15) is 28.8 Å². The zero-order valence-corrected chi connectivity index (χ0v) is 16.8. The number of hydrogen-bond donors (Lipinski definition) is 1. The van der Waals surface area contributed by atoms with Crippen LogP contribution in [0.2, 0.25) is 0 Å². The minimum absolute atomic E-state index is 0.00371. The number of rotatable bonds is 5. The molecule has 0 unspecified atom stereocenters. The lowest BCUT2D eigenvalue weighted by atomic mass is 10.0. The van der Waals surface area contributed by atoms with Gasteiger partial charge in [-0.2, -0.15) is 0 Å². The molecule has 0 aliphatic carbocycles. The number of carbonyl (C=O) groups excluding carboxylic acids is 1. The highest BCUT2D eigenvalue weighted by atomic mass is 19.2. The van der Waals surface area contributed by atoms with Gasteiger partial charge in [0.1, 0.15) is 5.82 Å². The highest BCUT2D eigenvalue weighted by Crippen LogP contribution is 2.20. The van der Waals surface area contributed by atoms with E-state index in [1.165, 1.54) is 24.4 Å². The normalized spacial score (nSPS) is 15.1. The van der Waals surface area contributed by atoms with Crippen molar-refractivity contribution in [2.24, 2.45) is 0 Å². The first-order chi connectivity index (χ1) is 15.0. The Kier molecular flexibility index (Phi) is 6.32. The molecule has 160 valence electrons. The second-order valence-corrected chi connectivity index (χ2v) is 7.68. The molecule has 7 heteroatoms. The summed E-state index contributed by atoms with van der Waals surface area (Å²) >= 11 is 0. The number of hydrogen-bond acceptors (Lipinski definition) is 3. The van der Waals surface area contributed by atoms with E-state index in [0.29, 0.717) is 42.0 Å². The Morgan fingerprint density at radius 1 is 1.03 bits per heavy atom. The molecule has 0 saturated carbocycles. The number of likely N-dealkylation sites (tertiary alicyclic amines) is 1. The zero-order valence-electron chi connectivity index (χ0n) is 16.8. The molecule has 31 heavy (non-hydrogen) atoms. The van der Waals surface area contributed by atoms with Gasteiger partial charge in [-0.15, -0.1) is 0 Å². The van der Waals surface area contributed by atoms with Crippen LogP contribution in [0, 0.1) is 17.5 Å². The molecule has 4 nitrogen and oxygen atoms in total. The van der Waals surface area contributed by atoms with Crippen molar-refractivity contribution in [2.75, 3.05) is 13.1 Å². The van der Waals surface area contributed by atoms with Gasteiger partial charge in [-0.25, -0.2) is 13.2 Å². The van der Waals surface area contributed by atoms with Crippen LogP contribution < -0.4 is 5.32 Å². The third-order valence-electron chi connectivity index (χ3n) is 5.49. The molecule has 1 aromatic heterocycles. The van der Waals surface area contributed by atoms with E-state index in [-0.39, 0.29) is 17.8 Å². The molecule has 1 saturated heterocycles. The van der Waals surface area contributed by atoms with Crippen molar-refractivity contribution in [1.29, 1.82) is 0 Å². The second-order valence-electron chi connectivity index (χ2n) is 7.68. The fourth-order valence-corrected chi connectivity index (χ4v) is 3.76. The van der Waals surface area contributed by atoms with E-state index in [1.807, 2.05) is 0 Å². The number of piperidine rings is 1. The van der Waals surface area contributed by atoms with E-state index in [2.05, 4.69) is 15.2 Å². The predicted octanol–water partition coefficient (Wildman–Crippen LogP) is 4.56. The Balaban J connectivity index is 1.30. The first kappa shape index (κ1) is 21.1. The first-order valence-electron chi connectivity index (χ1n) is 10.2. The first-order valence-corrected chi connectivity index (χ1v) is 10.2. The van der Waals surface area contributed by atoms with Crippen LogP contribution in [0.3, 0.4) is 0 Å². The van der Waals surface area contributed by atoms with Crippen LogP contribution in [0.15, 0.2) is 60.8 Å². The van der Waals surface area contributed by atoms with E-state index in [9.17, 15) is 18.0 Å². The minimum Gasteiger partial charge on any atom is -0.349 e. The summed E-state index contributed by atoms with van der Waals surface area (Å²) in [4.78, 5) is 18.9. The van der Waals surface area contributed by atoms with E-state index in [0.717, 1.165) is 18.9 Å². The highest BCUT2D eigenvalue weighted by Gasteiger charge is 2.22. The maximum atomic E-state index is 13.9. The van der Waals surface area contributed by atoms with E-state index in [4.69, 9.17) is 0 Å². The molecular weight excluding hydrogens is 403 g/mol. The van der Waals surface area contributed by atoms with E-state index >= 15 is 0 Å². The van der Waals surface area contributed by atoms with Crippen LogP contribution >= 0.6 is 0 Å². The van der Waals surface area contributed by atoms with Crippen molar-refractivity contribution < 1.29 is 18.0 Å². The second kappa shape index (κ2) is 9.31. The third kappa shape index (κ3) is 5.11. The number of nitrogens with one attached hydrogen (secondary N) is 1. The van der Waals surface area contributed by atoms with Gasteiger partial charge < -0.3 is 5.32 Å². The molecule has 1 N–H and O–H groups in total. The Bertz CT molecular complexity index is 1060. The van der Waals surface area contributed by atoms with Crippen molar-refractivity contribution >= 4 is 5.91 Å². The van der Waals surface area contributed by atoms with Crippen LogP contribution in [0.5, 0.6) is 0 Å². The Morgan fingerprint density at radius 3 is 2.52 bits per heavy atom. The smallest absolute Gasteiger partial charge is 0.253 e. The van der Waals surface area contributed by atoms with Gasteiger partial charge in [0.25, 0.3) is 5.91 Å². The molecule has 1 fully saturated rings. The Hall–Kier alpha value is -3.19. The topological polar surface area (TPSA) is 45.2 Å². The minimum atomic E-state index is -0.836. The number of nitrogens with zero attached hydrogens (tertiary/aromatic N) is 2. The summed E-state index contributed by atoms with van der Waals surface area (Å²) in [5.74, 6) is -2.19. The van der Waals surface area contributed by atoms with Crippen molar-refractivity contribution in [3.8, 4) is 11.3 Å². The van der Waals surface area contributed by atoms with Gasteiger partial charge in [0.05, 0.1) is 11.3 Å². The zero-order chi connectivity index (χ0) is 21.8. The van der Waals surface area contributed by atoms with Crippen molar-refractivity contribution in [3.63, 3.8) is 0 Å². The predicted molar refractivity (Wildman–Crippen MR) is 112 cm³/mol. The third-order valence-corrected chi connectivity index (χ3v) is 5.49. The van der Waals surface area contributed by atoms with Crippen LogP contribution in [-0.4, -0.2) is 34.9 Å². The summed E-state index contributed by atoms with van der Waals surface area (Å²) in [5, 5.41) is 3.01. The lowest BCUT2D eigenvalue weighted by Gasteiger charge is -2.32. The molecule has 2 aromatic carbocycles. The largest absolute Gasteiger partial charge is 0.349 e. The van der Waals surface area contributed by atoms with Gasteiger partial charge in [0.15, 0.2) is 11.6 Å². The van der Waals surface area contributed by atoms with Gasteiger partial charge >= 0.3 is 0 Å². The SMILES string of the molecule is O=C(NC1CCN(Cc2cccc(F)c2F)CC1)c1ccc(-c2cccc(F)c2)nc1. The van der Waals surface area contributed by atoms with Crippen molar-refractivity contribution in [2.45, 2.75) is 25.4 Å². The molecule has 0 spiro atoms. The Labute approximate surface area is 178 Å². The monoisotopic (exact) mass is 425 g/mol. The lowest BCUT2D eigenvalue weighted by molar-refractivity contribution is 0.0908. The van der Waals surface area contributed by atoms with Crippen LogP contribution in [0.25, 0.3) is 11.3 Å². The summed E-state index contributed by atoms with van der Waals surface area (Å²) in [6.07, 6.45) is 2.92. The summed E-state index contributed by atoms with van der Waals surface area (Å²) in [6.45, 7) is 1.70. The number of amides is 1. The number of halogens is 3. The summed E-state index contributed by atoms with van der Waals surface area (Å²) in [6, 6.07) is 13.7. The maximum Gasteiger partial charge on any atom is 0.253 e. The molecule has 0 bridgehead atoms. The van der Waals surface area contributed by atoms with Crippen molar-refractivity contribution in [1.82, 2.24) is 15.2 Å². The fourth-order valence-electron chi connectivity index (χ4n) is 3.76. The lowest BCUT2D eigenvalue weighted by Crippen LogP contribution is -2.44. The maximum absolute atomic E-state index is 13.9. The van der Waals surface area contributed by atoms with Crippen molar-refractivity contribution in [3.05, 3.63) is 89.4 Å². The van der Waals surface area contributed by atoms with Gasteiger partial charge in [0, 0.05) is 43.0 Å². The van der Waals surface area contributed by atoms with E-state index in [1.54, 1.807) is 30.3 Å². The number of aromatic nitrogens is 1.